The van der Waals surface area contributed by atoms with E-state index >= 15 is 0 Å². The Hall–Kier alpha value is -5.61. The third kappa shape index (κ3) is 85.1. The van der Waals surface area contributed by atoms with Crippen LogP contribution in [0.25, 0.3) is 0 Å². The lowest BCUT2D eigenvalue weighted by atomic mass is 10.0. The number of allylic oxidation sites excluding steroid dienone is 32. The van der Waals surface area contributed by atoms with Gasteiger partial charge in [-0.25, -0.2) is 9.13 Å². The smallest absolute Gasteiger partial charge is 0.463 e. The van der Waals surface area contributed by atoms with Gasteiger partial charge >= 0.3 is 33.6 Å². The van der Waals surface area contributed by atoms with Crippen LogP contribution in [0.3, 0.4) is 0 Å². The van der Waals surface area contributed by atoms with Crippen LogP contribution in [-0.4, -0.2) is 95.9 Å². The summed E-state index contributed by atoms with van der Waals surface area (Å²) < 4.78 is 61.2. The first-order chi connectivity index (χ1) is 54.2. The SMILES string of the molecule is CC/C=C\C/C=C\C/C=C\C/C=C\C/C=C\C/C=C\CCC(=O)OC(COC(=O)CCCCCCCCCCCCC/C=C\C/C=C\C/C=C\C/C=C\C/C=C\CC)COP(=O)(O)OCC(O)COP(=O)(O)OCC(O)COC(=O)CCCCCCCCCCCCCCC/C=C\C/C=C\C/C=C\C/C=C\C/C=C\CC. The lowest BCUT2D eigenvalue weighted by molar-refractivity contribution is -0.161. The number of carbonyl (C=O) groups excluding carboxylic acids is 3. The van der Waals surface area contributed by atoms with E-state index < -0.39 is 91.5 Å². The van der Waals surface area contributed by atoms with Crippen LogP contribution in [0.5, 0.6) is 0 Å². The van der Waals surface area contributed by atoms with Gasteiger partial charge in [-0.05, 0) is 148 Å². The van der Waals surface area contributed by atoms with Gasteiger partial charge in [0.1, 0.15) is 25.4 Å². The van der Waals surface area contributed by atoms with Crippen molar-refractivity contribution in [1.82, 2.24) is 0 Å². The molecule has 0 aromatic rings. The van der Waals surface area contributed by atoms with Crippen molar-refractivity contribution in [3.8, 4) is 0 Å². The Morgan fingerprint density at radius 2 is 0.468 bits per heavy atom. The highest BCUT2D eigenvalue weighted by atomic mass is 31.2. The summed E-state index contributed by atoms with van der Waals surface area (Å²) in [6, 6.07) is 0. The van der Waals surface area contributed by atoms with E-state index in [1.54, 1.807) is 0 Å². The van der Waals surface area contributed by atoms with Gasteiger partial charge in [0.25, 0.3) is 0 Å². The van der Waals surface area contributed by atoms with Crippen LogP contribution in [0, 0.1) is 0 Å². The summed E-state index contributed by atoms with van der Waals surface area (Å²) in [6.45, 7) is 2.25. The lowest BCUT2D eigenvalue weighted by Gasteiger charge is -2.21. The highest BCUT2D eigenvalue weighted by Gasteiger charge is 2.29. The summed E-state index contributed by atoms with van der Waals surface area (Å²) in [5.74, 6) is -1.68. The van der Waals surface area contributed by atoms with Crippen LogP contribution in [0.4, 0.5) is 0 Å². The molecule has 5 unspecified atom stereocenters. The molecule has 0 amide bonds. The number of aliphatic hydroxyl groups excluding tert-OH is 2. The van der Waals surface area contributed by atoms with Crippen molar-refractivity contribution in [3.63, 3.8) is 0 Å². The Kier molecular flexibility index (Phi) is 79.6. The van der Waals surface area contributed by atoms with Crippen molar-refractivity contribution in [3.05, 3.63) is 194 Å². The minimum Gasteiger partial charge on any atom is -0.463 e. The van der Waals surface area contributed by atoms with Crippen molar-refractivity contribution in [2.24, 2.45) is 0 Å². The zero-order valence-corrected chi connectivity index (χ0v) is 70.8. The summed E-state index contributed by atoms with van der Waals surface area (Å²) in [5, 5.41) is 20.7. The first-order valence-corrected chi connectivity index (χ1v) is 45.7. The van der Waals surface area contributed by atoms with Crippen LogP contribution >= 0.6 is 15.6 Å². The summed E-state index contributed by atoms with van der Waals surface area (Å²) >= 11 is 0. The molecule has 0 rings (SSSR count). The zero-order chi connectivity index (χ0) is 80.8. The van der Waals surface area contributed by atoms with Crippen LogP contribution in [-0.2, 0) is 55.8 Å². The molecule has 5 atom stereocenters. The molecule has 4 N–H and O–H groups in total. The Balaban J connectivity index is 4.65. The fourth-order valence-electron chi connectivity index (χ4n) is 10.9. The molecule has 0 aliphatic heterocycles. The van der Waals surface area contributed by atoms with E-state index in [-0.39, 0.29) is 19.3 Å². The predicted molar refractivity (Wildman–Crippen MR) is 463 cm³/mol. The van der Waals surface area contributed by atoms with Crippen molar-refractivity contribution >= 4 is 33.6 Å². The quantitative estimate of drug-likeness (QED) is 0.0146. The Morgan fingerprint density at radius 1 is 0.252 bits per heavy atom. The molecule has 0 aliphatic carbocycles. The number of hydrogen-bond donors (Lipinski definition) is 4. The van der Waals surface area contributed by atoms with E-state index in [2.05, 4.69) is 197 Å². The van der Waals surface area contributed by atoms with Gasteiger partial charge in [0.15, 0.2) is 6.10 Å². The number of unbranched alkanes of at least 4 members (excludes halogenated alkanes) is 24. The van der Waals surface area contributed by atoms with Crippen LogP contribution in [0.1, 0.15) is 316 Å². The topological polar surface area (TPSA) is 231 Å². The van der Waals surface area contributed by atoms with E-state index in [0.717, 1.165) is 154 Å². The number of hydrogen-bond acceptors (Lipinski definition) is 14. The molecule has 0 aromatic heterocycles. The van der Waals surface area contributed by atoms with Gasteiger partial charge in [-0.15, -0.1) is 0 Å². The number of rotatable bonds is 79. The Bertz CT molecular complexity index is 2800. The van der Waals surface area contributed by atoms with E-state index in [0.29, 0.717) is 25.7 Å². The average Bonchev–Trinajstić information content (AvgIpc) is 0.901. The Morgan fingerprint density at radius 3 is 0.748 bits per heavy atom. The summed E-state index contributed by atoms with van der Waals surface area (Å²) in [6.07, 6.45) is 111. The molecule has 0 aliphatic rings. The molecule has 0 radical (unpaired) electrons. The van der Waals surface area contributed by atoms with E-state index in [4.69, 9.17) is 32.3 Å². The monoisotopic (exact) mass is 1590 g/mol. The second kappa shape index (κ2) is 83.8. The van der Waals surface area contributed by atoms with Crippen LogP contribution < -0.4 is 0 Å². The summed E-state index contributed by atoms with van der Waals surface area (Å²) in [4.78, 5) is 58.8. The zero-order valence-electron chi connectivity index (χ0n) is 69.1. The second-order valence-electron chi connectivity index (χ2n) is 27.8. The first-order valence-electron chi connectivity index (χ1n) is 42.7. The van der Waals surface area contributed by atoms with E-state index in [1.165, 1.54) is 96.3 Å². The molecular formula is C93H152O16P2. The molecule has 0 spiro atoms. The molecule has 0 saturated carbocycles. The maximum absolute atomic E-state index is 13.0. The maximum Gasteiger partial charge on any atom is 0.472 e. The van der Waals surface area contributed by atoms with Gasteiger partial charge in [0.05, 0.1) is 26.4 Å². The Labute approximate surface area is 674 Å². The molecule has 0 bridgehead atoms. The van der Waals surface area contributed by atoms with Gasteiger partial charge < -0.3 is 34.2 Å². The van der Waals surface area contributed by atoms with Gasteiger partial charge in [-0.1, -0.05) is 344 Å². The second-order valence-corrected chi connectivity index (χ2v) is 30.7. The summed E-state index contributed by atoms with van der Waals surface area (Å²) in [7, 11) is -9.84. The largest absolute Gasteiger partial charge is 0.472 e. The molecule has 630 valence electrons. The fourth-order valence-corrected chi connectivity index (χ4v) is 12.5. The molecule has 0 saturated heterocycles. The maximum atomic E-state index is 13.0. The molecule has 111 heavy (non-hydrogen) atoms. The molecular weight excluding hydrogens is 1430 g/mol. The molecule has 16 nitrogen and oxygen atoms in total. The number of ether oxygens (including phenoxy) is 3. The van der Waals surface area contributed by atoms with Crippen LogP contribution in [0.2, 0.25) is 0 Å². The fraction of sp³-hybridized carbons (Fsp3) is 0.624. The van der Waals surface area contributed by atoms with Crippen molar-refractivity contribution < 1.29 is 75.8 Å². The number of carbonyl (C=O) groups is 3. The lowest BCUT2D eigenvalue weighted by Crippen LogP contribution is -2.29. The minimum absolute atomic E-state index is 0.0276. The van der Waals surface area contributed by atoms with E-state index in [9.17, 15) is 43.5 Å². The third-order valence-electron chi connectivity index (χ3n) is 17.3. The highest BCUT2D eigenvalue weighted by Crippen LogP contribution is 2.45. The predicted octanol–water partition coefficient (Wildman–Crippen LogP) is 25.9. The third-order valence-corrected chi connectivity index (χ3v) is 19.2. The number of esters is 3. The normalized spacial score (nSPS) is 14.8. The van der Waals surface area contributed by atoms with Gasteiger partial charge in [-0.2, -0.15) is 0 Å². The van der Waals surface area contributed by atoms with Gasteiger partial charge in [-0.3, -0.25) is 32.5 Å². The first kappa shape index (κ1) is 105. The standard InChI is InChI=1S/C93H152O16P2/c1-4-7-10-13-16-19-22-25-28-31-34-36-38-40-42-43-45-47-48-50-53-55-58-61-64-67-70-73-76-79-91(96)103-82-88(94)83-105-110(99,100)106-84-89(95)85-107-111(101,102)108-87-90(109-93(98)81-78-75-72-69-66-63-60-57-52-33-30-27-24-21-18-15-12-9-6-3)86-104-92(97)80-77-74-71-68-65-62-59-56-54-51-49-46-44-41-39-37-35-32-29-26-23-20-17-14-11-8-5-2/h7-12,16-21,25-30,34-37,40-42,44,52,57,63,66,72,75,88-90,94-95H,4-6,13-15,22-24,31-33,38-39,43,45-51,53-56,58-62,64-65,67-71,73-74,76-87H2,1-3H3,(H,99,100)(H,101,102)/b10-7-,11-8-,12-9-,19-16-,20-17-,21-18-,28-25-,29-26-,30-27-,36-34-,37-35-,42-40-,44-41-,57-52-,66-63-,75-72-. The average molecular weight is 1590 g/mol. The van der Waals surface area contributed by atoms with Crippen molar-refractivity contribution in [2.45, 2.75) is 334 Å². The van der Waals surface area contributed by atoms with Crippen molar-refractivity contribution in [2.75, 3.05) is 39.6 Å². The molecule has 0 aromatic carbocycles. The summed E-state index contributed by atoms with van der Waals surface area (Å²) in [5.41, 5.74) is 0. The number of phosphoric acid groups is 2. The van der Waals surface area contributed by atoms with Gasteiger partial charge in [0.2, 0.25) is 0 Å². The van der Waals surface area contributed by atoms with E-state index in [1.807, 2.05) is 18.2 Å². The van der Waals surface area contributed by atoms with Gasteiger partial charge in [0, 0.05) is 19.3 Å². The van der Waals surface area contributed by atoms with Crippen LogP contribution in [0.15, 0.2) is 194 Å². The molecule has 0 fully saturated rings. The molecule has 18 heteroatoms. The number of aliphatic hydroxyl groups is 2. The number of phosphoric ester groups is 2. The minimum atomic E-state index is -4.96. The molecule has 0 heterocycles. The highest BCUT2D eigenvalue weighted by molar-refractivity contribution is 7.47. The van der Waals surface area contributed by atoms with Crippen molar-refractivity contribution in [1.29, 1.82) is 0 Å².